The molecular formula is C28H36N6O2. The van der Waals surface area contributed by atoms with Crippen LogP contribution in [0.3, 0.4) is 0 Å². The van der Waals surface area contributed by atoms with Crippen LogP contribution in [0.2, 0.25) is 0 Å². The van der Waals surface area contributed by atoms with Crippen molar-refractivity contribution >= 4 is 22.8 Å². The number of nitrogens with one attached hydrogen (secondary N) is 1. The second-order valence-electron chi connectivity index (χ2n) is 10.1. The number of carbonyl (C=O) groups is 2. The molecule has 0 unspecified atom stereocenters. The highest BCUT2D eigenvalue weighted by atomic mass is 16.2. The second kappa shape index (κ2) is 11.5. The summed E-state index contributed by atoms with van der Waals surface area (Å²) in [5, 5.41) is 11.6. The molecule has 2 amide bonds. The summed E-state index contributed by atoms with van der Waals surface area (Å²) in [6.45, 7) is 6.46. The smallest absolute Gasteiger partial charge is 0.247 e. The summed E-state index contributed by atoms with van der Waals surface area (Å²) in [6, 6.07) is 10.4. The van der Waals surface area contributed by atoms with E-state index in [0.717, 1.165) is 36.7 Å². The van der Waals surface area contributed by atoms with Crippen molar-refractivity contribution < 1.29 is 9.59 Å². The van der Waals surface area contributed by atoms with Crippen LogP contribution in [-0.4, -0.2) is 48.8 Å². The Morgan fingerprint density at radius 2 is 2.00 bits per heavy atom. The lowest BCUT2D eigenvalue weighted by atomic mass is 9.96. The fourth-order valence-electron chi connectivity index (χ4n) is 4.55. The predicted octanol–water partition coefficient (Wildman–Crippen LogP) is 4.59. The summed E-state index contributed by atoms with van der Waals surface area (Å²) in [6.07, 6.45) is 11.6. The molecule has 0 saturated heterocycles. The largest absolute Gasteiger partial charge is 0.349 e. The fraction of sp³-hybridized carbons (Fsp3) is 0.464. The Hall–Kier alpha value is -3.55. The number of fused-ring (bicyclic) bond motifs is 1. The highest BCUT2D eigenvalue weighted by molar-refractivity contribution is 5.89. The van der Waals surface area contributed by atoms with E-state index in [9.17, 15) is 9.59 Å². The minimum Gasteiger partial charge on any atom is -0.349 e. The van der Waals surface area contributed by atoms with Crippen molar-refractivity contribution in [1.82, 2.24) is 30.2 Å². The summed E-state index contributed by atoms with van der Waals surface area (Å²) in [4.78, 5) is 33.6. The van der Waals surface area contributed by atoms with Gasteiger partial charge < -0.3 is 10.2 Å². The molecular weight excluding hydrogens is 452 g/mol. The minimum absolute atomic E-state index is 0.000768. The van der Waals surface area contributed by atoms with Crippen LogP contribution in [-0.2, 0) is 16.1 Å². The van der Waals surface area contributed by atoms with E-state index >= 15 is 0 Å². The van der Waals surface area contributed by atoms with Crippen LogP contribution in [0.1, 0.15) is 70.9 Å². The first kappa shape index (κ1) is 25.5. The molecule has 8 nitrogen and oxygen atoms in total. The highest BCUT2D eigenvalue weighted by Gasteiger charge is 2.34. The number of carbonyl (C=O) groups excluding carboxylic acids is 2. The summed E-state index contributed by atoms with van der Waals surface area (Å²) < 4.78 is 1.61. The van der Waals surface area contributed by atoms with Crippen LogP contribution in [0.15, 0.2) is 60.4 Å². The summed E-state index contributed by atoms with van der Waals surface area (Å²) >= 11 is 0. The summed E-state index contributed by atoms with van der Waals surface area (Å²) in [5.41, 5.74) is 3.16. The Kier molecular flexibility index (Phi) is 8.13. The molecule has 3 aromatic rings. The van der Waals surface area contributed by atoms with E-state index in [0.29, 0.717) is 12.1 Å². The normalized spacial score (nSPS) is 14.8. The molecule has 0 fully saturated rings. The van der Waals surface area contributed by atoms with Crippen molar-refractivity contribution in [1.29, 1.82) is 0 Å². The number of para-hydroxylation sites is 1. The van der Waals surface area contributed by atoms with Gasteiger partial charge in [0, 0.05) is 30.0 Å². The molecule has 0 saturated carbocycles. The van der Waals surface area contributed by atoms with Crippen molar-refractivity contribution in [3.05, 3.63) is 66.0 Å². The van der Waals surface area contributed by atoms with Crippen LogP contribution < -0.4 is 5.32 Å². The lowest BCUT2D eigenvalue weighted by molar-refractivity contribution is -0.142. The quantitative estimate of drug-likeness (QED) is 0.421. The van der Waals surface area contributed by atoms with Gasteiger partial charge in [0.25, 0.3) is 0 Å². The van der Waals surface area contributed by atoms with Crippen LogP contribution >= 0.6 is 0 Å². The molecule has 1 atom stereocenters. The van der Waals surface area contributed by atoms with E-state index in [1.165, 1.54) is 18.4 Å². The van der Waals surface area contributed by atoms with E-state index in [1.54, 1.807) is 28.0 Å². The summed E-state index contributed by atoms with van der Waals surface area (Å²) in [7, 11) is 0. The topological polar surface area (TPSA) is 93.0 Å². The van der Waals surface area contributed by atoms with Crippen LogP contribution in [0.5, 0.6) is 0 Å². The first-order valence-electron chi connectivity index (χ1n) is 12.9. The van der Waals surface area contributed by atoms with Crippen molar-refractivity contribution in [2.24, 2.45) is 0 Å². The lowest BCUT2D eigenvalue weighted by Crippen LogP contribution is -2.51. The van der Waals surface area contributed by atoms with Gasteiger partial charge in [0.2, 0.25) is 11.8 Å². The monoisotopic (exact) mass is 488 g/mol. The molecule has 190 valence electrons. The zero-order valence-corrected chi connectivity index (χ0v) is 21.5. The number of amides is 2. The molecule has 2 aromatic heterocycles. The van der Waals surface area contributed by atoms with E-state index in [-0.39, 0.29) is 18.4 Å². The zero-order valence-electron chi connectivity index (χ0n) is 21.5. The fourth-order valence-corrected chi connectivity index (χ4v) is 4.55. The van der Waals surface area contributed by atoms with Gasteiger partial charge in [-0.3, -0.25) is 14.6 Å². The predicted molar refractivity (Wildman–Crippen MR) is 140 cm³/mol. The van der Waals surface area contributed by atoms with Gasteiger partial charge >= 0.3 is 0 Å². The molecule has 0 spiro atoms. The SMILES string of the molecule is CCC(C)(C)NC(=O)[C@@H](c1cccnc1)N(CCC1=CCCCC1)C(=O)Cn1nnc2ccccc21. The number of hydrogen-bond donors (Lipinski definition) is 1. The van der Waals surface area contributed by atoms with Crippen LogP contribution in [0.4, 0.5) is 0 Å². The second-order valence-corrected chi connectivity index (χ2v) is 10.1. The maximum absolute atomic E-state index is 13.9. The van der Waals surface area contributed by atoms with E-state index < -0.39 is 11.6 Å². The standard InChI is InChI=1S/C28H36N6O2/c1-4-28(2,3)30-27(36)26(22-13-10-17-29-19-22)33(18-16-21-11-6-5-7-12-21)25(35)20-34-24-15-9-8-14-23(24)31-32-34/h8-11,13-15,17,19,26H,4-7,12,16,18,20H2,1-3H3,(H,30,36)/t26-/m1/s1. The zero-order chi connectivity index (χ0) is 25.5. The first-order chi connectivity index (χ1) is 17.4. The van der Waals surface area contributed by atoms with E-state index in [2.05, 4.69) is 26.7 Å². The van der Waals surface area contributed by atoms with Gasteiger partial charge in [-0.2, -0.15) is 0 Å². The maximum atomic E-state index is 13.9. The molecule has 0 aliphatic heterocycles. The average molecular weight is 489 g/mol. The van der Waals surface area contributed by atoms with Gasteiger partial charge in [-0.1, -0.05) is 42.0 Å². The van der Waals surface area contributed by atoms with Crippen molar-refractivity contribution in [3.8, 4) is 0 Å². The van der Waals surface area contributed by atoms with Crippen LogP contribution in [0.25, 0.3) is 11.0 Å². The van der Waals surface area contributed by atoms with Gasteiger partial charge in [-0.05, 0) is 70.6 Å². The molecule has 2 heterocycles. The van der Waals surface area contributed by atoms with Crippen molar-refractivity contribution in [2.75, 3.05) is 6.54 Å². The number of pyridine rings is 1. The van der Waals surface area contributed by atoms with Gasteiger partial charge in [-0.25, -0.2) is 4.68 Å². The Morgan fingerprint density at radius 3 is 2.72 bits per heavy atom. The third kappa shape index (κ3) is 6.17. The van der Waals surface area contributed by atoms with Gasteiger partial charge in [-0.15, -0.1) is 5.10 Å². The molecule has 4 rings (SSSR count). The Labute approximate surface area is 212 Å². The maximum Gasteiger partial charge on any atom is 0.247 e. The van der Waals surface area contributed by atoms with Crippen LogP contribution in [0, 0.1) is 0 Å². The molecule has 1 aliphatic rings. The minimum atomic E-state index is -0.795. The van der Waals surface area contributed by atoms with Crippen molar-refractivity contribution in [3.63, 3.8) is 0 Å². The Bertz CT molecular complexity index is 1220. The van der Waals surface area contributed by atoms with Gasteiger partial charge in [0.1, 0.15) is 18.1 Å². The highest BCUT2D eigenvalue weighted by Crippen LogP contribution is 2.26. The molecule has 1 aliphatic carbocycles. The average Bonchev–Trinajstić information content (AvgIpc) is 3.30. The van der Waals surface area contributed by atoms with Crippen molar-refractivity contribution in [2.45, 2.75) is 77.4 Å². The number of rotatable bonds is 10. The lowest BCUT2D eigenvalue weighted by Gasteiger charge is -2.34. The Balaban J connectivity index is 1.68. The first-order valence-corrected chi connectivity index (χ1v) is 12.9. The molecule has 1 aromatic carbocycles. The third-order valence-electron chi connectivity index (χ3n) is 6.99. The van der Waals surface area contributed by atoms with E-state index in [4.69, 9.17) is 0 Å². The molecule has 36 heavy (non-hydrogen) atoms. The third-order valence-corrected chi connectivity index (χ3v) is 6.99. The number of hydrogen-bond acceptors (Lipinski definition) is 5. The summed E-state index contributed by atoms with van der Waals surface area (Å²) in [5.74, 6) is -0.385. The van der Waals surface area contributed by atoms with Gasteiger partial charge in [0.05, 0.1) is 5.52 Å². The number of aromatic nitrogens is 4. The number of allylic oxidation sites excluding steroid dienone is 1. The molecule has 0 radical (unpaired) electrons. The van der Waals surface area contributed by atoms with Gasteiger partial charge in [0.15, 0.2) is 0 Å². The molecule has 0 bridgehead atoms. The molecule has 8 heteroatoms. The number of benzene rings is 1. The molecule has 1 N–H and O–H groups in total. The Morgan fingerprint density at radius 1 is 1.17 bits per heavy atom. The van der Waals surface area contributed by atoms with E-state index in [1.807, 2.05) is 51.1 Å². The number of nitrogens with zero attached hydrogens (tertiary/aromatic N) is 5.